The number of amides is 1. The van der Waals surface area contributed by atoms with E-state index < -0.39 is 18.1 Å². The first-order valence-corrected chi connectivity index (χ1v) is 5.44. The summed E-state index contributed by atoms with van der Waals surface area (Å²) in [6.45, 7) is 2.64. The predicted octanol–water partition coefficient (Wildman–Crippen LogP) is -0.574. The molecule has 1 aliphatic heterocycles. The molecular weight excluding hydrogens is 212 g/mol. The molecule has 1 amide bonds. The summed E-state index contributed by atoms with van der Waals surface area (Å²) in [5, 5.41) is 8.95. The zero-order valence-electron chi connectivity index (χ0n) is 9.39. The molecule has 6 heteroatoms. The molecule has 0 aromatic heterocycles. The number of aliphatic carboxylic acids is 1. The van der Waals surface area contributed by atoms with E-state index in [0.29, 0.717) is 19.6 Å². The van der Waals surface area contributed by atoms with Crippen LogP contribution in [-0.4, -0.2) is 53.7 Å². The molecule has 3 N–H and O–H groups in total. The topological polar surface area (TPSA) is 92.9 Å². The summed E-state index contributed by atoms with van der Waals surface area (Å²) in [6.07, 6.45) is 1.37. The minimum atomic E-state index is -1.04. The Labute approximate surface area is 94.3 Å². The molecule has 92 valence electrons. The van der Waals surface area contributed by atoms with Crippen LogP contribution in [0.1, 0.15) is 19.8 Å². The number of carboxylic acids is 1. The van der Waals surface area contributed by atoms with Crippen LogP contribution in [0.2, 0.25) is 0 Å². The first kappa shape index (κ1) is 12.9. The predicted molar refractivity (Wildman–Crippen MR) is 56.8 cm³/mol. The number of carboxylic acid groups (broad SMARTS) is 1. The zero-order valence-corrected chi connectivity index (χ0v) is 9.39. The maximum Gasteiger partial charge on any atom is 0.328 e. The molecule has 0 aromatic carbocycles. The summed E-state index contributed by atoms with van der Waals surface area (Å²) in [5.74, 6) is -1.34. The molecule has 0 aromatic rings. The van der Waals surface area contributed by atoms with Gasteiger partial charge in [0.1, 0.15) is 0 Å². The molecule has 0 saturated carbocycles. The van der Waals surface area contributed by atoms with Crippen molar-refractivity contribution in [3.63, 3.8) is 0 Å². The fourth-order valence-electron chi connectivity index (χ4n) is 1.72. The van der Waals surface area contributed by atoms with Crippen molar-refractivity contribution < 1.29 is 19.4 Å². The average Bonchev–Trinajstić information content (AvgIpc) is 2.28. The van der Waals surface area contributed by atoms with Crippen molar-refractivity contribution in [3.05, 3.63) is 0 Å². The van der Waals surface area contributed by atoms with Gasteiger partial charge in [-0.05, 0) is 6.42 Å². The third kappa shape index (κ3) is 2.93. The summed E-state index contributed by atoms with van der Waals surface area (Å²) >= 11 is 0. The van der Waals surface area contributed by atoms with E-state index in [9.17, 15) is 9.59 Å². The number of rotatable bonds is 4. The second-order valence-electron chi connectivity index (χ2n) is 3.86. The van der Waals surface area contributed by atoms with Gasteiger partial charge in [0.2, 0.25) is 5.91 Å². The lowest BCUT2D eigenvalue weighted by Gasteiger charge is -2.34. The largest absolute Gasteiger partial charge is 0.480 e. The molecule has 0 radical (unpaired) electrons. The van der Waals surface area contributed by atoms with Gasteiger partial charge in [-0.2, -0.15) is 0 Å². The molecular formula is C10H18N2O4. The van der Waals surface area contributed by atoms with Gasteiger partial charge in [-0.25, -0.2) is 4.79 Å². The van der Waals surface area contributed by atoms with Crippen molar-refractivity contribution in [2.45, 2.75) is 31.8 Å². The molecule has 1 rings (SSSR count). The average molecular weight is 230 g/mol. The Morgan fingerprint density at radius 3 is 2.88 bits per heavy atom. The third-order valence-corrected chi connectivity index (χ3v) is 2.61. The summed E-state index contributed by atoms with van der Waals surface area (Å²) in [5.41, 5.74) is 5.70. The van der Waals surface area contributed by atoms with Gasteiger partial charge in [-0.3, -0.25) is 4.79 Å². The second-order valence-corrected chi connectivity index (χ2v) is 3.86. The van der Waals surface area contributed by atoms with E-state index in [1.165, 1.54) is 4.90 Å². The molecule has 2 atom stereocenters. The van der Waals surface area contributed by atoms with Crippen LogP contribution in [-0.2, 0) is 14.3 Å². The minimum absolute atomic E-state index is 0.0416. The van der Waals surface area contributed by atoms with Gasteiger partial charge in [-0.1, -0.05) is 13.3 Å². The Balaban J connectivity index is 2.67. The van der Waals surface area contributed by atoms with E-state index in [4.69, 9.17) is 15.6 Å². The Morgan fingerprint density at radius 1 is 1.62 bits per heavy atom. The number of nitrogens with two attached hydrogens (primary N) is 1. The van der Waals surface area contributed by atoms with Crippen molar-refractivity contribution in [3.8, 4) is 0 Å². The monoisotopic (exact) mass is 230 g/mol. The van der Waals surface area contributed by atoms with E-state index in [1.807, 2.05) is 6.92 Å². The second kappa shape index (κ2) is 5.81. The summed E-state index contributed by atoms with van der Waals surface area (Å²) in [4.78, 5) is 24.1. The Kier molecular flexibility index (Phi) is 4.70. The van der Waals surface area contributed by atoms with Crippen molar-refractivity contribution in [1.29, 1.82) is 0 Å². The molecule has 16 heavy (non-hydrogen) atoms. The standard InChI is InChI=1S/C10H18N2O4/c1-2-3-7(11)9(13)12-4-5-16-6-8(12)10(14)15/h7-8H,2-6,11H2,1H3,(H,14,15). The molecule has 6 nitrogen and oxygen atoms in total. The molecule has 2 unspecified atom stereocenters. The number of carbonyl (C=O) groups excluding carboxylic acids is 1. The summed E-state index contributed by atoms with van der Waals surface area (Å²) < 4.78 is 5.05. The first-order chi connectivity index (χ1) is 7.57. The lowest BCUT2D eigenvalue weighted by molar-refractivity contribution is -0.158. The highest BCUT2D eigenvalue weighted by atomic mass is 16.5. The van der Waals surface area contributed by atoms with Crippen LogP contribution in [0.15, 0.2) is 0 Å². The third-order valence-electron chi connectivity index (χ3n) is 2.61. The molecule has 1 aliphatic rings. The van der Waals surface area contributed by atoms with Gasteiger partial charge in [0.25, 0.3) is 0 Å². The summed E-state index contributed by atoms with van der Waals surface area (Å²) in [6, 6.07) is -1.51. The van der Waals surface area contributed by atoms with Crippen molar-refractivity contribution in [1.82, 2.24) is 4.90 Å². The van der Waals surface area contributed by atoms with Crippen LogP contribution in [0.5, 0.6) is 0 Å². The quantitative estimate of drug-likeness (QED) is 0.674. The Morgan fingerprint density at radius 2 is 2.31 bits per heavy atom. The molecule has 0 bridgehead atoms. The van der Waals surface area contributed by atoms with Crippen LogP contribution in [0, 0.1) is 0 Å². The summed E-state index contributed by atoms with van der Waals surface area (Å²) in [7, 11) is 0. The highest BCUT2D eigenvalue weighted by Crippen LogP contribution is 2.10. The number of morpholine rings is 1. The number of hydrogen-bond donors (Lipinski definition) is 2. The van der Waals surface area contributed by atoms with Crippen LogP contribution >= 0.6 is 0 Å². The number of ether oxygens (including phenoxy) is 1. The molecule has 0 aliphatic carbocycles. The highest BCUT2D eigenvalue weighted by molar-refractivity contribution is 5.87. The van der Waals surface area contributed by atoms with Gasteiger partial charge in [-0.15, -0.1) is 0 Å². The molecule has 1 fully saturated rings. The maximum atomic E-state index is 11.9. The maximum absolute atomic E-state index is 11.9. The molecule has 1 saturated heterocycles. The van der Waals surface area contributed by atoms with E-state index in [1.54, 1.807) is 0 Å². The van der Waals surface area contributed by atoms with Crippen molar-refractivity contribution >= 4 is 11.9 Å². The van der Waals surface area contributed by atoms with E-state index in [-0.39, 0.29) is 12.5 Å². The lowest BCUT2D eigenvalue weighted by atomic mass is 10.1. The number of hydrogen-bond acceptors (Lipinski definition) is 4. The minimum Gasteiger partial charge on any atom is -0.480 e. The van der Waals surface area contributed by atoms with Gasteiger partial charge >= 0.3 is 5.97 Å². The first-order valence-electron chi connectivity index (χ1n) is 5.44. The van der Waals surface area contributed by atoms with E-state index in [2.05, 4.69) is 0 Å². The van der Waals surface area contributed by atoms with Crippen LogP contribution < -0.4 is 5.73 Å². The van der Waals surface area contributed by atoms with Gasteiger partial charge < -0.3 is 20.5 Å². The normalized spacial score (nSPS) is 22.9. The SMILES string of the molecule is CCCC(N)C(=O)N1CCOCC1C(=O)O. The van der Waals surface area contributed by atoms with Gasteiger partial charge in [0, 0.05) is 6.54 Å². The zero-order chi connectivity index (χ0) is 12.1. The van der Waals surface area contributed by atoms with E-state index in [0.717, 1.165) is 6.42 Å². The molecule has 1 heterocycles. The number of carbonyl (C=O) groups is 2. The van der Waals surface area contributed by atoms with Crippen LogP contribution in [0.3, 0.4) is 0 Å². The van der Waals surface area contributed by atoms with Gasteiger partial charge in [0.15, 0.2) is 6.04 Å². The van der Waals surface area contributed by atoms with Crippen LogP contribution in [0.4, 0.5) is 0 Å². The van der Waals surface area contributed by atoms with Gasteiger partial charge in [0.05, 0.1) is 19.3 Å². The molecule has 0 spiro atoms. The fourth-order valence-corrected chi connectivity index (χ4v) is 1.72. The fraction of sp³-hybridized carbons (Fsp3) is 0.800. The van der Waals surface area contributed by atoms with Crippen LogP contribution in [0.25, 0.3) is 0 Å². The van der Waals surface area contributed by atoms with Crippen molar-refractivity contribution in [2.24, 2.45) is 5.73 Å². The lowest BCUT2D eigenvalue weighted by Crippen LogP contribution is -2.56. The Hall–Kier alpha value is -1.14. The van der Waals surface area contributed by atoms with Crippen molar-refractivity contribution in [2.75, 3.05) is 19.8 Å². The number of nitrogens with zero attached hydrogens (tertiary/aromatic N) is 1. The smallest absolute Gasteiger partial charge is 0.328 e. The highest BCUT2D eigenvalue weighted by Gasteiger charge is 2.34. The van der Waals surface area contributed by atoms with E-state index >= 15 is 0 Å². The Bertz CT molecular complexity index is 270.